The molecule has 2 aromatic carbocycles. The number of likely N-dealkylation sites (tertiary alicyclic amines) is 1. The van der Waals surface area contributed by atoms with Crippen LogP contribution in [0, 0.1) is 11.6 Å². The first-order valence-electron chi connectivity index (χ1n) is 9.36. The molecule has 0 radical (unpaired) electrons. The molecule has 0 atom stereocenters. The number of hydrogen-bond acceptors (Lipinski definition) is 2. The fourth-order valence-corrected chi connectivity index (χ4v) is 3.77. The number of aromatic nitrogens is 1. The molecule has 27 heavy (non-hydrogen) atoms. The van der Waals surface area contributed by atoms with Gasteiger partial charge in [-0.3, -0.25) is 9.88 Å². The minimum absolute atomic E-state index is 0.175. The summed E-state index contributed by atoms with van der Waals surface area (Å²) in [7, 11) is 0. The predicted molar refractivity (Wildman–Crippen MR) is 103 cm³/mol. The number of pyridine rings is 1. The van der Waals surface area contributed by atoms with Crippen LogP contribution < -0.4 is 0 Å². The normalized spacial score (nSPS) is 15.8. The lowest BCUT2D eigenvalue weighted by molar-refractivity contribution is 0.204. The average molecular weight is 364 g/mol. The van der Waals surface area contributed by atoms with E-state index in [1.165, 1.54) is 23.3 Å². The summed E-state index contributed by atoms with van der Waals surface area (Å²) in [6.45, 7) is 2.93. The van der Waals surface area contributed by atoms with Gasteiger partial charge in [-0.2, -0.15) is 0 Å². The van der Waals surface area contributed by atoms with Crippen molar-refractivity contribution in [1.29, 1.82) is 0 Å². The van der Waals surface area contributed by atoms with Crippen molar-refractivity contribution in [2.75, 3.05) is 13.1 Å². The minimum atomic E-state index is -0.237. The molecule has 1 fully saturated rings. The van der Waals surface area contributed by atoms with Crippen molar-refractivity contribution in [3.63, 3.8) is 0 Å². The van der Waals surface area contributed by atoms with Gasteiger partial charge in [-0.25, -0.2) is 8.78 Å². The van der Waals surface area contributed by atoms with Crippen LogP contribution in [0.4, 0.5) is 8.78 Å². The zero-order chi connectivity index (χ0) is 18.6. The first-order chi connectivity index (χ1) is 13.2. The Labute approximate surface area is 158 Å². The molecule has 1 aliphatic rings. The summed E-state index contributed by atoms with van der Waals surface area (Å²) in [5.41, 5.74) is 4.24. The molecule has 3 aromatic rings. The van der Waals surface area contributed by atoms with Gasteiger partial charge in [0.1, 0.15) is 11.6 Å². The van der Waals surface area contributed by atoms with Crippen LogP contribution in [0.2, 0.25) is 0 Å². The molecule has 0 N–H and O–H groups in total. The van der Waals surface area contributed by atoms with Crippen LogP contribution in [0.25, 0.3) is 11.3 Å². The van der Waals surface area contributed by atoms with E-state index in [0.29, 0.717) is 5.92 Å². The second-order valence-corrected chi connectivity index (χ2v) is 7.16. The summed E-state index contributed by atoms with van der Waals surface area (Å²) in [5, 5.41) is 0. The Morgan fingerprint density at radius 2 is 1.48 bits per heavy atom. The van der Waals surface area contributed by atoms with E-state index in [0.717, 1.165) is 43.7 Å². The highest BCUT2D eigenvalue weighted by Crippen LogP contribution is 2.29. The van der Waals surface area contributed by atoms with Gasteiger partial charge in [0.25, 0.3) is 0 Å². The minimum Gasteiger partial charge on any atom is -0.299 e. The summed E-state index contributed by atoms with van der Waals surface area (Å²) >= 11 is 0. The zero-order valence-electron chi connectivity index (χ0n) is 15.1. The molecule has 138 valence electrons. The Kier molecular flexibility index (Phi) is 5.26. The Balaban J connectivity index is 1.38. The quantitative estimate of drug-likeness (QED) is 0.616. The molecule has 4 rings (SSSR count). The lowest BCUT2D eigenvalue weighted by Gasteiger charge is -2.32. The van der Waals surface area contributed by atoms with Crippen molar-refractivity contribution >= 4 is 0 Å². The standard InChI is InChI=1S/C23H22F2N2/c24-21-5-1-18(2-6-21)19-10-13-27(14-11-19)16-17-9-12-26-23(15-17)20-3-7-22(25)8-4-20/h1-9,12,15,19H,10-11,13-14,16H2. The van der Waals surface area contributed by atoms with E-state index in [1.54, 1.807) is 24.3 Å². The lowest BCUT2D eigenvalue weighted by Crippen LogP contribution is -2.32. The molecule has 2 nitrogen and oxygen atoms in total. The zero-order valence-corrected chi connectivity index (χ0v) is 15.1. The third kappa shape index (κ3) is 4.40. The molecule has 0 amide bonds. The van der Waals surface area contributed by atoms with Crippen LogP contribution >= 0.6 is 0 Å². The number of piperidine rings is 1. The maximum Gasteiger partial charge on any atom is 0.123 e. The van der Waals surface area contributed by atoms with Gasteiger partial charge in [-0.05, 0) is 91.5 Å². The van der Waals surface area contributed by atoms with Crippen LogP contribution in [0.1, 0.15) is 29.9 Å². The van der Waals surface area contributed by atoms with Gasteiger partial charge >= 0.3 is 0 Å². The highest BCUT2D eigenvalue weighted by molar-refractivity contribution is 5.59. The summed E-state index contributed by atoms with van der Waals surface area (Å²) in [6, 6.07) is 17.5. The van der Waals surface area contributed by atoms with E-state index >= 15 is 0 Å². The van der Waals surface area contributed by atoms with Crippen molar-refractivity contribution in [1.82, 2.24) is 9.88 Å². The SMILES string of the molecule is Fc1ccc(-c2cc(CN3CCC(c4ccc(F)cc4)CC3)ccn2)cc1. The summed E-state index contributed by atoms with van der Waals surface area (Å²) in [6.07, 6.45) is 3.99. The summed E-state index contributed by atoms with van der Waals surface area (Å²) in [4.78, 5) is 6.87. The van der Waals surface area contributed by atoms with Crippen molar-refractivity contribution in [3.8, 4) is 11.3 Å². The third-order valence-corrected chi connectivity index (χ3v) is 5.30. The Hall–Kier alpha value is -2.59. The van der Waals surface area contributed by atoms with Crippen molar-refractivity contribution in [3.05, 3.63) is 89.6 Å². The molecular weight excluding hydrogens is 342 g/mol. The van der Waals surface area contributed by atoms with Gasteiger partial charge in [0.2, 0.25) is 0 Å². The van der Waals surface area contributed by atoms with Gasteiger partial charge in [0.05, 0.1) is 5.69 Å². The van der Waals surface area contributed by atoms with E-state index < -0.39 is 0 Å². The molecule has 0 aliphatic carbocycles. The molecule has 1 saturated heterocycles. The van der Waals surface area contributed by atoms with Crippen molar-refractivity contribution < 1.29 is 8.78 Å². The molecule has 0 spiro atoms. The third-order valence-electron chi connectivity index (χ3n) is 5.30. The molecule has 0 saturated carbocycles. The van der Waals surface area contributed by atoms with E-state index in [2.05, 4.69) is 16.0 Å². The first-order valence-corrected chi connectivity index (χ1v) is 9.36. The largest absolute Gasteiger partial charge is 0.299 e. The maximum atomic E-state index is 13.1. The number of hydrogen-bond donors (Lipinski definition) is 0. The molecular formula is C23H22F2N2. The van der Waals surface area contributed by atoms with Gasteiger partial charge in [0, 0.05) is 18.3 Å². The summed E-state index contributed by atoms with van der Waals surface area (Å²) in [5.74, 6) is 0.0961. The number of rotatable bonds is 4. The fourth-order valence-electron chi connectivity index (χ4n) is 3.77. The Bertz CT molecular complexity index is 883. The van der Waals surface area contributed by atoms with Crippen LogP contribution in [0.3, 0.4) is 0 Å². The molecule has 0 bridgehead atoms. The van der Waals surface area contributed by atoms with Crippen LogP contribution in [-0.4, -0.2) is 23.0 Å². The van der Waals surface area contributed by atoms with E-state index in [-0.39, 0.29) is 11.6 Å². The van der Waals surface area contributed by atoms with Gasteiger partial charge in [0.15, 0.2) is 0 Å². The topological polar surface area (TPSA) is 16.1 Å². The lowest BCUT2D eigenvalue weighted by atomic mass is 9.89. The monoisotopic (exact) mass is 364 g/mol. The van der Waals surface area contributed by atoms with E-state index in [4.69, 9.17) is 0 Å². The van der Waals surface area contributed by atoms with E-state index in [1.807, 2.05) is 24.4 Å². The molecule has 2 heterocycles. The molecule has 1 aliphatic heterocycles. The van der Waals surface area contributed by atoms with Crippen molar-refractivity contribution in [2.24, 2.45) is 0 Å². The Morgan fingerprint density at radius 1 is 0.852 bits per heavy atom. The van der Waals surface area contributed by atoms with Crippen molar-refractivity contribution in [2.45, 2.75) is 25.3 Å². The van der Waals surface area contributed by atoms with Crippen LogP contribution in [-0.2, 0) is 6.54 Å². The molecule has 4 heteroatoms. The maximum absolute atomic E-state index is 13.1. The molecule has 1 aromatic heterocycles. The van der Waals surface area contributed by atoms with Gasteiger partial charge in [-0.15, -0.1) is 0 Å². The summed E-state index contributed by atoms with van der Waals surface area (Å²) < 4.78 is 26.2. The number of nitrogens with zero attached hydrogens (tertiary/aromatic N) is 2. The number of benzene rings is 2. The first kappa shape index (κ1) is 17.8. The second-order valence-electron chi connectivity index (χ2n) is 7.16. The number of halogens is 2. The highest BCUT2D eigenvalue weighted by Gasteiger charge is 2.20. The average Bonchev–Trinajstić information content (AvgIpc) is 2.70. The van der Waals surface area contributed by atoms with Gasteiger partial charge < -0.3 is 0 Å². The Morgan fingerprint density at radius 3 is 2.15 bits per heavy atom. The second kappa shape index (κ2) is 7.97. The van der Waals surface area contributed by atoms with Crippen LogP contribution in [0.5, 0.6) is 0 Å². The van der Waals surface area contributed by atoms with E-state index in [9.17, 15) is 8.78 Å². The smallest absolute Gasteiger partial charge is 0.123 e. The molecule has 0 unspecified atom stereocenters. The van der Waals surface area contributed by atoms with Crippen LogP contribution in [0.15, 0.2) is 66.9 Å². The highest BCUT2D eigenvalue weighted by atomic mass is 19.1. The van der Waals surface area contributed by atoms with Gasteiger partial charge in [-0.1, -0.05) is 12.1 Å². The predicted octanol–water partition coefficient (Wildman–Crippen LogP) is 5.41. The fraction of sp³-hybridized carbons (Fsp3) is 0.261.